The Labute approximate surface area is 189 Å². The van der Waals surface area contributed by atoms with Crippen molar-refractivity contribution in [1.29, 1.82) is 0 Å². The number of aryl methyl sites for hydroxylation is 1. The van der Waals surface area contributed by atoms with Gasteiger partial charge in [-0.2, -0.15) is 0 Å². The Morgan fingerprint density at radius 2 is 1.75 bits per heavy atom. The predicted molar refractivity (Wildman–Crippen MR) is 121 cm³/mol. The second kappa shape index (κ2) is 11.7. The lowest BCUT2D eigenvalue weighted by molar-refractivity contribution is -0.120. The maximum atomic E-state index is 12.5. The number of rotatable bonds is 11. The zero-order valence-corrected chi connectivity index (χ0v) is 19.1. The van der Waals surface area contributed by atoms with Crippen molar-refractivity contribution >= 4 is 15.9 Å². The molecule has 1 aliphatic rings. The second-order valence-corrected chi connectivity index (χ2v) is 9.29. The third-order valence-electron chi connectivity index (χ3n) is 4.86. The van der Waals surface area contributed by atoms with Crippen molar-refractivity contribution in [1.82, 2.24) is 10.0 Å². The molecule has 1 heterocycles. The summed E-state index contributed by atoms with van der Waals surface area (Å²) in [6, 6.07) is 12.4. The van der Waals surface area contributed by atoms with Crippen molar-refractivity contribution in [3.63, 3.8) is 0 Å². The first-order valence-electron chi connectivity index (χ1n) is 10.8. The SMILES string of the molecule is Cc1ccc(OCCCCNC(=O)CCNS(=O)(=O)c2ccc3c(c2)OCCCO3)cc1. The van der Waals surface area contributed by atoms with E-state index in [1.54, 1.807) is 6.07 Å². The minimum Gasteiger partial charge on any atom is -0.494 e. The van der Waals surface area contributed by atoms with Crippen LogP contribution in [0, 0.1) is 6.92 Å². The van der Waals surface area contributed by atoms with E-state index >= 15 is 0 Å². The van der Waals surface area contributed by atoms with Crippen molar-refractivity contribution in [2.45, 2.75) is 37.5 Å². The number of hydrogen-bond acceptors (Lipinski definition) is 6. The molecule has 174 valence electrons. The minimum absolute atomic E-state index is 0.0130. The third-order valence-corrected chi connectivity index (χ3v) is 6.32. The molecule has 0 spiro atoms. The largest absolute Gasteiger partial charge is 0.494 e. The van der Waals surface area contributed by atoms with E-state index in [2.05, 4.69) is 10.0 Å². The molecular formula is C23H30N2O6S. The standard InChI is InChI=1S/C23H30N2O6S/c1-18-5-7-19(8-6-18)29-14-3-2-12-24-23(26)11-13-25-32(27,28)20-9-10-21-22(17-20)31-16-4-15-30-21/h5-10,17,25H,2-4,11-16H2,1H3,(H,24,26). The molecule has 3 rings (SSSR count). The number of sulfonamides is 1. The lowest BCUT2D eigenvalue weighted by Crippen LogP contribution is -2.31. The van der Waals surface area contributed by atoms with Crippen LogP contribution in [0.25, 0.3) is 0 Å². The number of hydrogen-bond donors (Lipinski definition) is 2. The maximum absolute atomic E-state index is 12.5. The molecule has 0 saturated carbocycles. The summed E-state index contributed by atoms with van der Waals surface area (Å²) in [6.45, 7) is 4.14. The van der Waals surface area contributed by atoms with Crippen molar-refractivity contribution < 1.29 is 27.4 Å². The Morgan fingerprint density at radius 3 is 2.53 bits per heavy atom. The number of amides is 1. The Kier molecular flexibility index (Phi) is 8.75. The van der Waals surface area contributed by atoms with Crippen molar-refractivity contribution in [2.24, 2.45) is 0 Å². The number of nitrogens with one attached hydrogen (secondary N) is 2. The van der Waals surface area contributed by atoms with E-state index in [4.69, 9.17) is 14.2 Å². The highest BCUT2D eigenvalue weighted by atomic mass is 32.2. The van der Waals surface area contributed by atoms with Crippen LogP contribution >= 0.6 is 0 Å². The van der Waals surface area contributed by atoms with E-state index in [0.717, 1.165) is 25.0 Å². The molecule has 0 fully saturated rings. The van der Waals surface area contributed by atoms with Crippen LogP contribution in [-0.2, 0) is 14.8 Å². The normalized spacial score (nSPS) is 13.3. The average Bonchev–Trinajstić information content (AvgIpc) is 3.02. The highest BCUT2D eigenvalue weighted by molar-refractivity contribution is 7.89. The van der Waals surface area contributed by atoms with Crippen LogP contribution in [-0.4, -0.2) is 47.2 Å². The fourth-order valence-electron chi connectivity index (χ4n) is 3.06. The van der Waals surface area contributed by atoms with Crippen LogP contribution in [0.4, 0.5) is 0 Å². The third kappa shape index (κ3) is 7.42. The summed E-state index contributed by atoms with van der Waals surface area (Å²) < 4.78 is 44.2. The molecule has 0 saturated heterocycles. The summed E-state index contributed by atoms with van der Waals surface area (Å²) in [7, 11) is -3.75. The van der Waals surface area contributed by atoms with Crippen molar-refractivity contribution in [2.75, 3.05) is 32.9 Å². The smallest absolute Gasteiger partial charge is 0.240 e. The van der Waals surface area contributed by atoms with Crippen LogP contribution < -0.4 is 24.2 Å². The Bertz CT molecular complexity index is 992. The highest BCUT2D eigenvalue weighted by Gasteiger charge is 2.18. The Balaban J connectivity index is 1.31. The van der Waals surface area contributed by atoms with Gasteiger partial charge in [0.25, 0.3) is 0 Å². The average molecular weight is 463 g/mol. The molecule has 2 aromatic rings. The Morgan fingerprint density at radius 1 is 1.00 bits per heavy atom. The van der Waals surface area contributed by atoms with E-state index in [9.17, 15) is 13.2 Å². The van der Waals surface area contributed by atoms with E-state index < -0.39 is 10.0 Å². The van der Waals surface area contributed by atoms with Crippen LogP contribution in [0.2, 0.25) is 0 Å². The lowest BCUT2D eigenvalue weighted by Gasteiger charge is -2.11. The number of carbonyl (C=O) groups is 1. The molecule has 0 radical (unpaired) electrons. The van der Waals surface area contributed by atoms with Crippen molar-refractivity contribution in [3.05, 3.63) is 48.0 Å². The van der Waals surface area contributed by atoms with E-state index in [1.165, 1.54) is 17.7 Å². The van der Waals surface area contributed by atoms with Gasteiger partial charge in [0.1, 0.15) is 5.75 Å². The zero-order chi connectivity index (χ0) is 22.8. The summed E-state index contributed by atoms with van der Waals surface area (Å²) in [5.41, 5.74) is 1.18. The molecule has 0 aromatic heterocycles. The van der Waals surface area contributed by atoms with Gasteiger partial charge in [-0.3, -0.25) is 4.79 Å². The van der Waals surface area contributed by atoms with Gasteiger partial charge in [-0.1, -0.05) is 17.7 Å². The van der Waals surface area contributed by atoms with E-state index in [0.29, 0.717) is 37.9 Å². The molecule has 0 atom stereocenters. The number of unbranched alkanes of at least 4 members (excludes halogenated alkanes) is 1. The number of fused-ring (bicyclic) bond motifs is 1. The molecule has 8 nitrogen and oxygen atoms in total. The van der Waals surface area contributed by atoms with Crippen LogP contribution in [0.5, 0.6) is 17.2 Å². The summed E-state index contributed by atoms with van der Waals surface area (Å²) >= 11 is 0. The zero-order valence-electron chi connectivity index (χ0n) is 18.3. The fourth-order valence-corrected chi connectivity index (χ4v) is 4.11. The van der Waals surface area contributed by atoms with Gasteiger partial charge in [-0.05, 0) is 44.0 Å². The van der Waals surface area contributed by atoms with E-state index in [-0.39, 0.29) is 23.8 Å². The molecule has 0 aliphatic carbocycles. The first-order valence-corrected chi connectivity index (χ1v) is 12.3. The maximum Gasteiger partial charge on any atom is 0.240 e. The molecular weight excluding hydrogens is 432 g/mol. The fraction of sp³-hybridized carbons (Fsp3) is 0.435. The first-order chi connectivity index (χ1) is 15.4. The minimum atomic E-state index is -3.75. The molecule has 0 unspecified atom stereocenters. The molecule has 32 heavy (non-hydrogen) atoms. The number of carbonyl (C=O) groups excluding carboxylic acids is 1. The highest BCUT2D eigenvalue weighted by Crippen LogP contribution is 2.31. The van der Waals surface area contributed by atoms with Gasteiger partial charge in [0.15, 0.2) is 11.5 Å². The number of ether oxygens (including phenoxy) is 3. The van der Waals surface area contributed by atoms with Gasteiger partial charge >= 0.3 is 0 Å². The molecule has 1 aliphatic heterocycles. The molecule has 9 heteroatoms. The molecule has 2 aromatic carbocycles. The van der Waals surface area contributed by atoms with Crippen LogP contribution in [0.3, 0.4) is 0 Å². The van der Waals surface area contributed by atoms with E-state index in [1.807, 2.05) is 31.2 Å². The van der Waals surface area contributed by atoms with Crippen LogP contribution in [0.15, 0.2) is 47.4 Å². The quantitative estimate of drug-likeness (QED) is 0.498. The number of benzene rings is 2. The Hall–Kier alpha value is -2.78. The van der Waals surface area contributed by atoms with Gasteiger partial charge in [0.2, 0.25) is 15.9 Å². The van der Waals surface area contributed by atoms with Gasteiger partial charge < -0.3 is 19.5 Å². The molecule has 0 bridgehead atoms. The summed E-state index contributed by atoms with van der Waals surface area (Å²) in [6.07, 6.45) is 2.39. The lowest BCUT2D eigenvalue weighted by atomic mass is 10.2. The molecule has 1 amide bonds. The van der Waals surface area contributed by atoms with Crippen molar-refractivity contribution in [3.8, 4) is 17.2 Å². The first kappa shape index (κ1) is 23.9. The van der Waals surface area contributed by atoms with Gasteiger partial charge in [0, 0.05) is 32.0 Å². The molecule has 2 N–H and O–H groups in total. The second-order valence-electron chi connectivity index (χ2n) is 7.53. The monoisotopic (exact) mass is 462 g/mol. The van der Waals surface area contributed by atoms with Gasteiger partial charge in [0.05, 0.1) is 24.7 Å². The summed E-state index contributed by atoms with van der Waals surface area (Å²) in [5, 5.41) is 2.80. The van der Waals surface area contributed by atoms with Gasteiger partial charge in [-0.25, -0.2) is 13.1 Å². The summed E-state index contributed by atoms with van der Waals surface area (Å²) in [4.78, 5) is 12.0. The van der Waals surface area contributed by atoms with Crippen LogP contribution in [0.1, 0.15) is 31.2 Å². The summed E-state index contributed by atoms with van der Waals surface area (Å²) in [5.74, 6) is 1.57. The van der Waals surface area contributed by atoms with Gasteiger partial charge in [-0.15, -0.1) is 0 Å². The predicted octanol–water partition coefficient (Wildman–Crippen LogP) is 2.80. The topological polar surface area (TPSA) is 103 Å².